The van der Waals surface area contributed by atoms with Crippen LogP contribution in [0.15, 0.2) is 48.2 Å². The monoisotopic (exact) mass is 621 g/mol. The van der Waals surface area contributed by atoms with Crippen LogP contribution in [-0.4, -0.2) is 86.6 Å². The maximum absolute atomic E-state index is 13.6. The van der Waals surface area contributed by atoms with E-state index in [-0.39, 0.29) is 30.4 Å². The molecule has 1 fully saturated rings. The number of nitrogens with zero attached hydrogens (tertiary/aromatic N) is 3. The van der Waals surface area contributed by atoms with Crippen LogP contribution in [0.3, 0.4) is 0 Å². The van der Waals surface area contributed by atoms with Gasteiger partial charge in [0.05, 0.1) is 24.1 Å². The fourth-order valence-corrected chi connectivity index (χ4v) is 5.59. The molecule has 0 saturated carbocycles. The normalized spacial score (nSPS) is 16.5. The van der Waals surface area contributed by atoms with Gasteiger partial charge in [0.2, 0.25) is 23.5 Å². The van der Waals surface area contributed by atoms with Gasteiger partial charge in [0.25, 0.3) is 0 Å². The summed E-state index contributed by atoms with van der Waals surface area (Å²) in [6.45, 7) is 0.672. The van der Waals surface area contributed by atoms with E-state index >= 15 is 0 Å². The number of carbonyl (C=O) groups is 4. The molecule has 9 N–H and O–H groups in total. The number of guanidine groups is 1. The summed E-state index contributed by atoms with van der Waals surface area (Å²) in [7, 11) is 0. The van der Waals surface area contributed by atoms with Crippen molar-refractivity contribution in [2.24, 2.45) is 11.5 Å². The molecule has 4 rings (SSSR count). The third-order valence-corrected chi connectivity index (χ3v) is 7.85. The van der Waals surface area contributed by atoms with E-state index in [9.17, 15) is 19.2 Å². The lowest BCUT2D eigenvalue weighted by molar-refractivity contribution is -0.140. The first-order valence-corrected chi connectivity index (χ1v) is 15.2. The van der Waals surface area contributed by atoms with Crippen LogP contribution >= 0.6 is 11.3 Å². The molecule has 0 aliphatic carbocycles. The van der Waals surface area contributed by atoms with Crippen molar-refractivity contribution in [2.75, 3.05) is 13.1 Å². The lowest BCUT2D eigenvalue weighted by Crippen LogP contribution is -2.57. The number of amides is 3. The molecule has 1 aromatic carbocycles. The minimum Gasteiger partial charge on any atom is -0.370 e. The molecule has 3 heterocycles. The molecule has 3 amide bonds. The number of aromatic amines is 1. The molecule has 44 heavy (non-hydrogen) atoms. The van der Waals surface area contributed by atoms with Crippen LogP contribution < -0.4 is 27.4 Å². The Balaban J connectivity index is 1.46. The highest BCUT2D eigenvalue weighted by Gasteiger charge is 2.38. The first-order valence-electron chi connectivity index (χ1n) is 14.3. The van der Waals surface area contributed by atoms with Crippen LogP contribution in [0.1, 0.15) is 47.4 Å². The van der Waals surface area contributed by atoms with Gasteiger partial charge in [0, 0.05) is 31.1 Å². The largest absolute Gasteiger partial charge is 0.370 e. The number of carbonyl (C=O) groups excluding carboxylic acids is 4. The van der Waals surface area contributed by atoms with Gasteiger partial charge in [-0.25, -0.2) is 9.97 Å². The molecule has 3 aromatic rings. The summed E-state index contributed by atoms with van der Waals surface area (Å²) in [6, 6.07) is 5.76. The number of aromatic nitrogens is 3. The van der Waals surface area contributed by atoms with Gasteiger partial charge in [-0.3, -0.25) is 24.6 Å². The van der Waals surface area contributed by atoms with Gasteiger partial charge in [-0.1, -0.05) is 30.3 Å². The quantitative estimate of drug-likeness (QED) is 0.0519. The summed E-state index contributed by atoms with van der Waals surface area (Å²) >= 11 is 1.14. The predicted octanol–water partition coefficient (Wildman–Crippen LogP) is -0.114. The first-order chi connectivity index (χ1) is 21.2. The molecule has 1 aliphatic heterocycles. The zero-order valence-electron chi connectivity index (χ0n) is 24.1. The summed E-state index contributed by atoms with van der Waals surface area (Å²) < 4.78 is 0. The second-order valence-electron chi connectivity index (χ2n) is 10.5. The Labute approximate surface area is 258 Å². The zero-order valence-corrected chi connectivity index (χ0v) is 24.9. The molecular formula is C29H37N10O4S. The summed E-state index contributed by atoms with van der Waals surface area (Å²) in [5.41, 5.74) is 15.9. The Morgan fingerprint density at radius 3 is 2.64 bits per heavy atom. The van der Waals surface area contributed by atoms with Crippen molar-refractivity contribution in [2.45, 2.75) is 62.7 Å². The number of hydrogen-bond acceptors (Lipinski definition) is 9. The number of rotatable bonds is 15. The summed E-state index contributed by atoms with van der Waals surface area (Å²) in [5.74, 6) is -2.02. The maximum atomic E-state index is 13.6. The van der Waals surface area contributed by atoms with Crippen LogP contribution in [0, 0.1) is 10.9 Å². The molecular weight excluding hydrogens is 584 g/mol. The highest BCUT2D eigenvalue weighted by molar-refractivity contribution is 7.07. The van der Waals surface area contributed by atoms with Crippen molar-refractivity contribution in [1.82, 2.24) is 35.8 Å². The minimum absolute atomic E-state index is 0.0996. The van der Waals surface area contributed by atoms with Gasteiger partial charge in [0.15, 0.2) is 11.5 Å². The average Bonchev–Trinajstić information content (AvgIpc) is 3.81. The molecule has 15 heteroatoms. The van der Waals surface area contributed by atoms with Crippen molar-refractivity contribution in [3.63, 3.8) is 0 Å². The number of imidazole rings is 1. The fourth-order valence-electron chi connectivity index (χ4n) is 5.11. The second kappa shape index (κ2) is 15.7. The van der Waals surface area contributed by atoms with E-state index in [1.54, 1.807) is 11.6 Å². The van der Waals surface area contributed by atoms with Crippen LogP contribution in [0.4, 0.5) is 0 Å². The molecule has 2 aromatic heterocycles. The Hall–Kier alpha value is -4.63. The number of hydrogen-bond donors (Lipinski definition) is 7. The highest BCUT2D eigenvalue weighted by atomic mass is 32.1. The fraction of sp³-hybridized carbons (Fsp3) is 0.414. The van der Waals surface area contributed by atoms with Crippen LogP contribution in [0.5, 0.6) is 0 Å². The van der Waals surface area contributed by atoms with Gasteiger partial charge in [-0.2, -0.15) is 0 Å². The van der Waals surface area contributed by atoms with E-state index in [0.717, 1.165) is 16.9 Å². The highest BCUT2D eigenvalue weighted by Crippen LogP contribution is 2.20. The summed E-state index contributed by atoms with van der Waals surface area (Å²) in [5, 5.41) is 17.2. The molecule has 1 aliphatic rings. The van der Waals surface area contributed by atoms with E-state index in [1.165, 1.54) is 11.2 Å². The predicted molar refractivity (Wildman–Crippen MR) is 163 cm³/mol. The second-order valence-corrected chi connectivity index (χ2v) is 11.2. The number of Topliss-reactive ketones (excluding diaryl/α,β-unsaturated/α-hetero) is 1. The van der Waals surface area contributed by atoms with Crippen molar-refractivity contribution in [3.8, 4) is 0 Å². The van der Waals surface area contributed by atoms with Crippen LogP contribution in [0.25, 0.3) is 0 Å². The van der Waals surface area contributed by atoms with E-state index in [0.29, 0.717) is 44.5 Å². The van der Waals surface area contributed by atoms with E-state index in [2.05, 4.69) is 36.4 Å². The third kappa shape index (κ3) is 8.94. The number of benzene rings is 1. The van der Waals surface area contributed by atoms with Crippen LogP contribution in [0.2, 0.25) is 0 Å². The Kier molecular flexibility index (Phi) is 11.5. The molecule has 4 atom stereocenters. The van der Waals surface area contributed by atoms with Crippen molar-refractivity contribution in [1.29, 1.82) is 5.41 Å². The topological polar surface area (TPSA) is 225 Å². The Bertz CT molecular complexity index is 1400. The lowest BCUT2D eigenvalue weighted by Gasteiger charge is -2.29. The van der Waals surface area contributed by atoms with Crippen molar-refractivity contribution in [3.05, 3.63) is 70.7 Å². The number of thiazole rings is 1. The molecule has 14 nitrogen and oxygen atoms in total. The third-order valence-electron chi connectivity index (χ3n) is 7.32. The van der Waals surface area contributed by atoms with E-state index in [4.69, 9.17) is 16.9 Å². The van der Waals surface area contributed by atoms with Gasteiger partial charge in [-0.05, 0) is 37.7 Å². The minimum atomic E-state index is -1.04. The number of likely N-dealkylation sites (tertiary alicyclic amines) is 1. The average molecular weight is 622 g/mol. The maximum Gasteiger partial charge on any atom is 0.243 e. The van der Waals surface area contributed by atoms with Gasteiger partial charge in [-0.15, -0.1) is 11.3 Å². The Morgan fingerprint density at radius 2 is 1.95 bits per heavy atom. The van der Waals surface area contributed by atoms with E-state index < -0.39 is 41.8 Å². The SMILES string of the molecule is N=C(N)NCCC[C@H](NC(=O)[C@@H]1CCCN1C(=O)[C@@H](N)Cc1ccccc1)C(=O)N[C@@H](Cc1c[nH]cn1)C(=O)c1cs[c]n1. The molecule has 1 radical (unpaired) electrons. The Morgan fingerprint density at radius 1 is 1.16 bits per heavy atom. The number of ketones is 1. The van der Waals surface area contributed by atoms with E-state index in [1.807, 2.05) is 30.3 Å². The zero-order chi connectivity index (χ0) is 31.5. The summed E-state index contributed by atoms with van der Waals surface area (Å²) in [6.07, 6.45) is 5.14. The van der Waals surface area contributed by atoms with Crippen molar-refractivity contribution >= 4 is 40.8 Å². The molecule has 0 bridgehead atoms. The molecule has 233 valence electrons. The molecule has 0 unspecified atom stereocenters. The molecule has 0 spiro atoms. The lowest BCUT2D eigenvalue weighted by atomic mass is 10.0. The van der Waals surface area contributed by atoms with Crippen LogP contribution in [-0.2, 0) is 27.2 Å². The van der Waals surface area contributed by atoms with Crippen molar-refractivity contribution < 1.29 is 19.2 Å². The van der Waals surface area contributed by atoms with Gasteiger partial charge < -0.3 is 37.3 Å². The van der Waals surface area contributed by atoms with Gasteiger partial charge in [0.1, 0.15) is 17.8 Å². The standard InChI is InChI=1S/C29H37N10O4S/c30-20(12-18-6-2-1-3-7-18)28(43)39-11-5-9-24(39)27(42)37-21(8-4-10-34-29(31)32)26(41)38-22(13-19-14-33-16-35-19)25(40)23-15-44-17-36-23/h1-3,6-7,14-16,20-22,24H,4-5,8-13,30H2,(H,33,35)(H,37,42)(H,38,41)(H4,31,32,34)/t20-,21-,22-,24-/m0/s1. The number of H-pyrrole nitrogens is 1. The first kappa shape index (κ1) is 32.3. The molecule has 1 saturated heterocycles. The number of nitrogens with two attached hydrogens (primary N) is 2. The summed E-state index contributed by atoms with van der Waals surface area (Å²) in [4.78, 5) is 66.2. The number of nitrogens with one attached hydrogen (secondary N) is 5. The van der Waals surface area contributed by atoms with Gasteiger partial charge >= 0.3 is 0 Å². The smallest absolute Gasteiger partial charge is 0.243 e.